The fraction of sp³-hybridized carbons (Fsp3) is 0.400. The molecule has 0 spiro atoms. The molecule has 33 heavy (non-hydrogen) atoms. The second-order valence-corrected chi connectivity index (χ2v) is 8.97. The van der Waals surface area contributed by atoms with Crippen LogP contribution in [0.2, 0.25) is 0 Å². The van der Waals surface area contributed by atoms with E-state index in [1.165, 1.54) is 7.11 Å². The molecule has 2 heterocycles. The summed E-state index contributed by atoms with van der Waals surface area (Å²) in [6.07, 6.45) is 3.07. The number of nitrogens with zero attached hydrogens (tertiary/aromatic N) is 2. The monoisotopic (exact) mass is 452 g/mol. The Bertz CT molecular complexity index is 1130. The number of hydrogen-bond donors (Lipinski definition) is 3. The molecule has 0 saturated carbocycles. The molecule has 0 aliphatic rings. The van der Waals surface area contributed by atoms with Gasteiger partial charge < -0.3 is 25.0 Å². The third-order valence-corrected chi connectivity index (χ3v) is 5.37. The Kier molecular flexibility index (Phi) is 7.38. The van der Waals surface area contributed by atoms with Crippen LogP contribution in [0.4, 0.5) is 11.4 Å². The first-order valence-corrected chi connectivity index (χ1v) is 11.0. The molecule has 176 valence electrons. The SMILES string of the molecule is COC(=O)c1c(NC(=O)CCc2ccccc2)c2cc(NC(C)CC(C)(C)O)cnc2n1C. The fourth-order valence-electron chi connectivity index (χ4n) is 4.04. The summed E-state index contributed by atoms with van der Waals surface area (Å²) in [6, 6.07) is 11.6. The summed E-state index contributed by atoms with van der Waals surface area (Å²) >= 11 is 0. The zero-order valence-corrected chi connectivity index (χ0v) is 19.8. The van der Waals surface area contributed by atoms with Crippen LogP contribution in [-0.4, -0.2) is 45.3 Å². The van der Waals surface area contributed by atoms with Crippen molar-refractivity contribution in [1.82, 2.24) is 9.55 Å². The molecule has 0 aliphatic heterocycles. The van der Waals surface area contributed by atoms with Crippen molar-refractivity contribution in [3.8, 4) is 0 Å². The standard InChI is InChI=1S/C25H32N4O4/c1-16(14-25(2,3)32)27-18-13-19-21(22(24(31)33-5)29(4)23(19)26-15-18)28-20(30)12-11-17-9-7-6-8-10-17/h6-10,13,15-16,27,32H,11-12,14H2,1-5H3,(H,28,30). The lowest BCUT2D eigenvalue weighted by Gasteiger charge is -2.23. The van der Waals surface area contributed by atoms with Crippen LogP contribution >= 0.6 is 0 Å². The molecule has 0 radical (unpaired) electrons. The number of anilines is 2. The zero-order chi connectivity index (χ0) is 24.2. The number of nitrogens with one attached hydrogen (secondary N) is 2. The third-order valence-electron chi connectivity index (χ3n) is 5.37. The largest absolute Gasteiger partial charge is 0.464 e. The quantitative estimate of drug-likeness (QED) is 0.426. The van der Waals surface area contributed by atoms with Crippen LogP contribution in [-0.2, 0) is 23.0 Å². The van der Waals surface area contributed by atoms with Gasteiger partial charge in [0.1, 0.15) is 5.65 Å². The van der Waals surface area contributed by atoms with Crippen LogP contribution in [0, 0.1) is 0 Å². The van der Waals surface area contributed by atoms with Gasteiger partial charge in [0.15, 0.2) is 5.69 Å². The molecule has 0 bridgehead atoms. The van der Waals surface area contributed by atoms with Gasteiger partial charge in [0.05, 0.1) is 30.3 Å². The average Bonchev–Trinajstić information content (AvgIpc) is 3.02. The molecule has 3 rings (SSSR count). The minimum atomic E-state index is -0.813. The molecule has 1 unspecified atom stereocenters. The number of carbonyl (C=O) groups is 2. The first-order chi connectivity index (χ1) is 15.6. The lowest BCUT2D eigenvalue weighted by atomic mass is 10.0. The maximum Gasteiger partial charge on any atom is 0.356 e. The number of rotatable bonds is 9. The molecule has 1 atom stereocenters. The van der Waals surface area contributed by atoms with E-state index >= 15 is 0 Å². The van der Waals surface area contributed by atoms with Crippen LogP contribution in [0.3, 0.4) is 0 Å². The highest BCUT2D eigenvalue weighted by Crippen LogP contribution is 2.32. The molecule has 3 N–H and O–H groups in total. The van der Waals surface area contributed by atoms with Crippen molar-refractivity contribution in [2.45, 2.75) is 51.7 Å². The van der Waals surface area contributed by atoms with E-state index < -0.39 is 11.6 Å². The van der Waals surface area contributed by atoms with Gasteiger partial charge >= 0.3 is 5.97 Å². The number of methoxy groups -OCH3 is 1. The van der Waals surface area contributed by atoms with Gasteiger partial charge in [0.2, 0.25) is 5.91 Å². The van der Waals surface area contributed by atoms with E-state index in [-0.39, 0.29) is 24.1 Å². The molecular weight excluding hydrogens is 420 g/mol. The van der Waals surface area contributed by atoms with Crippen molar-refractivity contribution in [1.29, 1.82) is 0 Å². The predicted molar refractivity (Wildman–Crippen MR) is 129 cm³/mol. The van der Waals surface area contributed by atoms with Crippen LogP contribution in [0.5, 0.6) is 0 Å². The van der Waals surface area contributed by atoms with E-state index in [4.69, 9.17) is 4.74 Å². The van der Waals surface area contributed by atoms with Crippen LogP contribution < -0.4 is 10.6 Å². The minimum Gasteiger partial charge on any atom is -0.464 e. The van der Waals surface area contributed by atoms with Gasteiger partial charge in [-0.3, -0.25) is 4.79 Å². The van der Waals surface area contributed by atoms with E-state index in [0.29, 0.717) is 29.6 Å². The molecule has 1 amide bonds. The lowest BCUT2D eigenvalue weighted by molar-refractivity contribution is -0.116. The fourth-order valence-corrected chi connectivity index (χ4v) is 4.04. The van der Waals surface area contributed by atoms with Gasteiger partial charge in [-0.15, -0.1) is 0 Å². The summed E-state index contributed by atoms with van der Waals surface area (Å²) < 4.78 is 6.59. The number of aryl methyl sites for hydroxylation is 2. The van der Waals surface area contributed by atoms with E-state index in [9.17, 15) is 14.7 Å². The molecule has 3 aromatic rings. The highest BCUT2D eigenvalue weighted by Gasteiger charge is 2.25. The summed E-state index contributed by atoms with van der Waals surface area (Å²) in [5, 5.41) is 17.0. The molecular formula is C25H32N4O4. The Labute approximate surface area is 194 Å². The third kappa shape index (κ3) is 6.10. The maximum absolute atomic E-state index is 12.8. The van der Waals surface area contributed by atoms with Gasteiger partial charge in [0, 0.05) is 24.9 Å². The van der Waals surface area contributed by atoms with E-state index in [2.05, 4.69) is 15.6 Å². The summed E-state index contributed by atoms with van der Waals surface area (Å²) in [6.45, 7) is 5.49. The van der Waals surface area contributed by atoms with Crippen LogP contribution in [0.25, 0.3) is 11.0 Å². The second-order valence-electron chi connectivity index (χ2n) is 8.97. The molecule has 0 fully saturated rings. The smallest absolute Gasteiger partial charge is 0.356 e. The van der Waals surface area contributed by atoms with Gasteiger partial charge in [-0.2, -0.15) is 0 Å². The normalized spacial score (nSPS) is 12.4. The molecule has 0 aliphatic carbocycles. The van der Waals surface area contributed by atoms with Crippen LogP contribution in [0.15, 0.2) is 42.6 Å². The van der Waals surface area contributed by atoms with E-state index in [1.807, 2.05) is 43.3 Å². The first kappa shape index (κ1) is 24.3. The maximum atomic E-state index is 12.8. The number of pyridine rings is 1. The molecule has 2 aromatic heterocycles. The van der Waals surface area contributed by atoms with E-state index in [1.54, 1.807) is 31.7 Å². The topological polar surface area (TPSA) is 105 Å². The lowest BCUT2D eigenvalue weighted by Crippen LogP contribution is -2.29. The van der Waals surface area contributed by atoms with Crippen molar-refractivity contribution in [2.75, 3.05) is 17.7 Å². The van der Waals surface area contributed by atoms with Gasteiger partial charge in [-0.05, 0) is 45.2 Å². The number of ether oxygens (including phenoxy) is 1. The molecule has 8 heteroatoms. The van der Waals surface area contributed by atoms with Gasteiger partial charge in [-0.1, -0.05) is 30.3 Å². The average molecular weight is 453 g/mol. The number of aliphatic hydroxyl groups is 1. The highest BCUT2D eigenvalue weighted by molar-refractivity contribution is 6.11. The minimum absolute atomic E-state index is 0.0167. The van der Waals surface area contributed by atoms with Crippen molar-refractivity contribution in [3.63, 3.8) is 0 Å². The van der Waals surface area contributed by atoms with Crippen molar-refractivity contribution in [2.24, 2.45) is 7.05 Å². The number of benzene rings is 1. The second kappa shape index (κ2) is 10.0. The molecule has 1 aromatic carbocycles. The Hall–Kier alpha value is -3.39. The Morgan fingerprint density at radius 1 is 1.24 bits per heavy atom. The zero-order valence-electron chi connectivity index (χ0n) is 19.8. The van der Waals surface area contributed by atoms with Crippen LogP contribution in [0.1, 0.15) is 49.7 Å². The Morgan fingerprint density at radius 2 is 1.94 bits per heavy atom. The van der Waals surface area contributed by atoms with Crippen molar-refractivity contribution < 1.29 is 19.4 Å². The highest BCUT2D eigenvalue weighted by atomic mass is 16.5. The number of esters is 1. The number of fused-ring (bicyclic) bond motifs is 1. The summed E-state index contributed by atoms with van der Waals surface area (Å²) in [5.74, 6) is -0.760. The Balaban J connectivity index is 1.90. The first-order valence-electron chi connectivity index (χ1n) is 11.0. The summed E-state index contributed by atoms with van der Waals surface area (Å²) in [4.78, 5) is 29.8. The molecule has 0 saturated heterocycles. The number of carbonyl (C=O) groups excluding carboxylic acids is 2. The van der Waals surface area contributed by atoms with Crippen molar-refractivity contribution >= 4 is 34.3 Å². The van der Waals surface area contributed by atoms with Gasteiger partial charge in [-0.25, -0.2) is 9.78 Å². The van der Waals surface area contributed by atoms with Gasteiger partial charge in [0.25, 0.3) is 0 Å². The van der Waals surface area contributed by atoms with Crippen molar-refractivity contribution in [3.05, 3.63) is 53.9 Å². The molecule has 8 nitrogen and oxygen atoms in total. The number of amides is 1. The van der Waals surface area contributed by atoms with E-state index in [0.717, 1.165) is 11.3 Å². The predicted octanol–water partition coefficient (Wildman–Crippen LogP) is 3.89. The number of hydrogen-bond acceptors (Lipinski definition) is 6. The number of aromatic nitrogens is 2. The Morgan fingerprint density at radius 3 is 2.58 bits per heavy atom. The summed E-state index contributed by atoms with van der Waals surface area (Å²) in [5.41, 5.74) is 2.13. The summed E-state index contributed by atoms with van der Waals surface area (Å²) in [7, 11) is 3.02.